The van der Waals surface area contributed by atoms with Crippen molar-refractivity contribution in [2.45, 2.75) is 31.6 Å². The van der Waals surface area contributed by atoms with E-state index in [9.17, 15) is 13.2 Å². The van der Waals surface area contributed by atoms with Crippen LogP contribution in [0.2, 0.25) is 0 Å². The molecule has 1 aliphatic rings. The monoisotopic (exact) mass is 406 g/mol. The van der Waals surface area contributed by atoms with Gasteiger partial charge in [0.15, 0.2) is 0 Å². The summed E-state index contributed by atoms with van der Waals surface area (Å²) in [5, 5.41) is 5.11. The molecule has 0 spiro atoms. The molecule has 146 valence electrons. The number of hydrogen-bond acceptors (Lipinski definition) is 4. The van der Waals surface area contributed by atoms with E-state index in [1.807, 2.05) is 36.6 Å². The van der Waals surface area contributed by atoms with Gasteiger partial charge in [-0.1, -0.05) is 31.2 Å². The Balaban J connectivity index is 1.73. The third kappa shape index (κ3) is 4.59. The maximum atomic E-state index is 12.5. The average Bonchev–Trinajstić information content (AvgIpc) is 3.22. The molecule has 1 fully saturated rings. The number of piperidine rings is 1. The Kier molecular flexibility index (Phi) is 6.34. The van der Waals surface area contributed by atoms with Gasteiger partial charge in [-0.15, -0.1) is 11.3 Å². The summed E-state index contributed by atoms with van der Waals surface area (Å²) in [7, 11) is -3.18. The van der Waals surface area contributed by atoms with Gasteiger partial charge >= 0.3 is 0 Å². The summed E-state index contributed by atoms with van der Waals surface area (Å²) in [6, 6.07) is 13.3. The summed E-state index contributed by atoms with van der Waals surface area (Å²) in [5.74, 6) is 0.108. The van der Waals surface area contributed by atoms with Crippen molar-refractivity contribution < 1.29 is 13.2 Å². The molecule has 0 saturated carbocycles. The Hall–Kier alpha value is -1.70. The number of carbonyl (C=O) groups excluding carboxylic acids is 1. The third-order valence-electron chi connectivity index (χ3n) is 5.20. The molecule has 1 saturated heterocycles. The number of hydrogen-bond donors (Lipinski definition) is 1. The topological polar surface area (TPSA) is 66.5 Å². The number of amides is 1. The molecule has 5 nitrogen and oxygen atoms in total. The van der Waals surface area contributed by atoms with E-state index >= 15 is 0 Å². The van der Waals surface area contributed by atoms with Gasteiger partial charge in [0.25, 0.3) is 5.91 Å². The summed E-state index contributed by atoms with van der Waals surface area (Å²) >= 11 is 1.68. The zero-order chi connectivity index (χ0) is 19.3. The number of carbonyl (C=O) groups is 1. The Morgan fingerprint density at radius 2 is 1.85 bits per heavy atom. The predicted molar refractivity (Wildman–Crippen MR) is 110 cm³/mol. The average molecular weight is 407 g/mol. The lowest BCUT2D eigenvalue weighted by molar-refractivity contribution is 0.0933. The van der Waals surface area contributed by atoms with Gasteiger partial charge in [-0.3, -0.25) is 4.79 Å². The summed E-state index contributed by atoms with van der Waals surface area (Å²) in [4.78, 5) is 13.7. The lowest BCUT2D eigenvalue weighted by atomic mass is 9.77. The van der Waals surface area contributed by atoms with Crippen molar-refractivity contribution in [3.05, 3.63) is 58.3 Å². The van der Waals surface area contributed by atoms with Crippen molar-refractivity contribution in [3.8, 4) is 0 Å². The number of rotatable bonds is 7. The largest absolute Gasteiger partial charge is 0.351 e. The van der Waals surface area contributed by atoms with E-state index in [2.05, 4.69) is 11.4 Å². The molecule has 1 N–H and O–H groups in total. The van der Waals surface area contributed by atoms with Crippen LogP contribution in [0, 0.1) is 0 Å². The Labute approximate surface area is 165 Å². The van der Waals surface area contributed by atoms with E-state index in [0.29, 0.717) is 44.5 Å². The highest BCUT2D eigenvalue weighted by atomic mass is 32.2. The molecule has 27 heavy (non-hydrogen) atoms. The second-order valence-electron chi connectivity index (χ2n) is 7.02. The van der Waals surface area contributed by atoms with Crippen molar-refractivity contribution in [1.82, 2.24) is 9.62 Å². The lowest BCUT2D eigenvalue weighted by Crippen LogP contribution is -2.50. The van der Waals surface area contributed by atoms with E-state index in [1.54, 1.807) is 27.8 Å². The van der Waals surface area contributed by atoms with Crippen LogP contribution in [0.3, 0.4) is 0 Å². The van der Waals surface area contributed by atoms with Crippen LogP contribution in [0.15, 0.2) is 47.8 Å². The Bertz CT molecular complexity index is 841. The molecular formula is C20H26N2O3S2. The van der Waals surface area contributed by atoms with Crippen molar-refractivity contribution >= 4 is 27.3 Å². The van der Waals surface area contributed by atoms with Gasteiger partial charge in [0, 0.05) is 35.5 Å². The number of benzene rings is 1. The summed E-state index contributed by atoms with van der Waals surface area (Å²) in [5.41, 5.74) is 0.429. The Morgan fingerprint density at radius 3 is 2.44 bits per heavy atom. The highest BCUT2D eigenvalue weighted by Crippen LogP contribution is 2.38. The fourth-order valence-electron chi connectivity index (χ4n) is 3.61. The number of nitrogens with one attached hydrogen (secondary N) is 1. The quantitative estimate of drug-likeness (QED) is 0.768. The third-order valence-corrected chi connectivity index (χ3v) is 8.39. The maximum absolute atomic E-state index is 12.5. The molecule has 3 rings (SSSR count). The second kappa shape index (κ2) is 8.54. The normalized spacial score (nSPS) is 17.5. The van der Waals surface area contributed by atoms with Crippen molar-refractivity contribution in [2.24, 2.45) is 0 Å². The smallest absolute Gasteiger partial charge is 0.251 e. The molecule has 0 atom stereocenters. The number of thiophene rings is 1. The lowest BCUT2D eigenvalue weighted by Gasteiger charge is -2.41. The molecule has 0 bridgehead atoms. The van der Waals surface area contributed by atoms with Gasteiger partial charge in [0.1, 0.15) is 0 Å². The molecule has 2 aromatic rings. The van der Waals surface area contributed by atoms with Crippen LogP contribution in [-0.4, -0.2) is 44.0 Å². The fourth-order valence-corrected chi connectivity index (χ4v) is 6.11. The molecule has 1 aliphatic heterocycles. The number of nitrogens with zero attached hydrogens (tertiary/aromatic N) is 1. The minimum Gasteiger partial charge on any atom is -0.351 e. The fraction of sp³-hybridized carbons (Fsp3) is 0.450. The van der Waals surface area contributed by atoms with E-state index in [0.717, 1.165) is 0 Å². The predicted octanol–water partition coefficient (Wildman–Crippen LogP) is 3.25. The molecule has 0 aliphatic carbocycles. The van der Waals surface area contributed by atoms with Crippen molar-refractivity contribution in [3.63, 3.8) is 0 Å². The SMILES string of the molecule is CCCS(=O)(=O)N1CCC(CNC(=O)c2ccccc2)(c2cccs2)CC1. The highest BCUT2D eigenvalue weighted by Gasteiger charge is 2.40. The maximum Gasteiger partial charge on any atom is 0.251 e. The van der Waals surface area contributed by atoms with Crippen molar-refractivity contribution in [1.29, 1.82) is 0 Å². The van der Waals surface area contributed by atoms with Gasteiger partial charge in [0.05, 0.1) is 5.75 Å². The first-order chi connectivity index (χ1) is 13.0. The van der Waals surface area contributed by atoms with Crippen LogP contribution in [-0.2, 0) is 15.4 Å². The second-order valence-corrected chi connectivity index (χ2v) is 10.1. The van der Waals surface area contributed by atoms with Crippen LogP contribution >= 0.6 is 11.3 Å². The molecule has 2 heterocycles. The first-order valence-electron chi connectivity index (χ1n) is 9.32. The minimum atomic E-state index is -3.18. The van der Waals surface area contributed by atoms with Crippen LogP contribution in [0.25, 0.3) is 0 Å². The van der Waals surface area contributed by atoms with Crippen molar-refractivity contribution in [2.75, 3.05) is 25.4 Å². The highest BCUT2D eigenvalue weighted by molar-refractivity contribution is 7.89. The van der Waals surface area contributed by atoms with Gasteiger partial charge in [-0.05, 0) is 42.8 Å². The van der Waals surface area contributed by atoms with Crippen LogP contribution in [0.4, 0.5) is 0 Å². The molecule has 0 unspecified atom stereocenters. The first kappa shape index (κ1) is 20.0. The van der Waals surface area contributed by atoms with E-state index in [1.165, 1.54) is 4.88 Å². The van der Waals surface area contributed by atoms with E-state index < -0.39 is 10.0 Å². The van der Waals surface area contributed by atoms with E-state index in [4.69, 9.17) is 0 Å². The Morgan fingerprint density at radius 1 is 1.15 bits per heavy atom. The molecular weight excluding hydrogens is 380 g/mol. The molecule has 1 amide bonds. The zero-order valence-electron chi connectivity index (χ0n) is 15.6. The minimum absolute atomic E-state index is 0.0902. The van der Waals surface area contributed by atoms with Crippen LogP contribution < -0.4 is 5.32 Å². The molecule has 1 aromatic heterocycles. The molecule has 0 radical (unpaired) electrons. The zero-order valence-corrected chi connectivity index (χ0v) is 17.2. The molecule has 7 heteroatoms. The van der Waals surface area contributed by atoms with Crippen LogP contribution in [0.5, 0.6) is 0 Å². The van der Waals surface area contributed by atoms with E-state index in [-0.39, 0.29) is 17.1 Å². The van der Waals surface area contributed by atoms with Gasteiger partial charge in [0.2, 0.25) is 10.0 Å². The molecule has 1 aromatic carbocycles. The summed E-state index contributed by atoms with van der Waals surface area (Å²) in [6.45, 7) is 3.41. The van der Waals surface area contributed by atoms with Gasteiger partial charge in [-0.2, -0.15) is 0 Å². The van der Waals surface area contributed by atoms with Gasteiger partial charge in [-0.25, -0.2) is 12.7 Å². The van der Waals surface area contributed by atoms with Gasteiger partial charge < -0.3 is 5.32 Å². The summed E-state index contributed by atoms with van der Waals surface area (Å²) < 4.78 is 26.4. The number of sulfonamides is 1. The summed E-state index contributed by atoms with van der Waals surface area (Å²) in [6.07, 6.45) is 2.05. The first-order valence-corrected chi connectivity index (χ1v) is 11.8. The van der Waals surface area contributed by atoms with Crippen LogP contribution in [0.1, 0.15) is 41.4 Å². The standard InChI is InChI=1S/C20H26N2O3S2/c1-2-15-27(24,25)22-12-10-20(11-13-22,18-9-6-14-26-18)16-21-19(23)17-7-4-3-5-8-17/h3-9,14H,2,10-13,15-16H2,1H3,(H,21,23).